The van der Waals surface area contributed by atoms with Gasteiger partial charge in [0.05, 0.1) is 25.7 Å². The van der Waals surface area contributed by atoms with E-state index >= 15 is 0 Å². The second kappa shape index (κ2) is 11.6. The number of rotatable bonds is 11. The summed E-state index contributed by atoms with van der Waals surface area (Å²) in [6.45, 7) is 0.271. The van der Waals surface area contributed by atoms with Gasteiger partial charge in [-0.2, -0.15) is 0 Å². The fraction of sp³-hybridized carbons (Fsp3) is 0.409. The van der Waals surface area contributed by atoms with Gasteiger partial charge in [-0.05, 0) is 29.9 Å². The van der Waals surface area contributed by atoms with Gasteiger partial charge in [0.15, 0.2) is 6.07 Å². The summed E-state index contributed by atoms with van der Waals surface area (Å²) in [4.78, 5) is 12.1. The molecule has 1 aliphatic carbocycles. The molecule has 0 heterocycles. The van der Waals surface area contributed by atoms with E-state index < -0.39 is 7.82 Å². The lowest BCUT2D eigenvalue weighted by molar-refractivity contribution is -0.148. The van der Waals surface area contributed by atoms with Crippen LogP contribution in [-0.2, 0) is 40.9 Å². The maximum Gasteiger partial charge on any atom is 0.475 e. The lowest BCUT2D eigenvalue weighted by atomic mass is 9.97. The number of carbonyl (C=O) groups is 1. The number of ether oxygens (including phenoxy) is 1. The molecule has 2 aromatic rings. The Morgan fingerprint density at radius 1 is 0.900 bits per heavy atom. The molecule has 1 fully saturated rings. The molecule has 8 heteroatoms. The topological polar surface area (TPSA) is 71.1 Å². The Kier molecular flexibility index (Phi) is 8.91. The molecular weight excluding hydrogens is 427 g/mol. The number of benzene rings is 2. The molecule has 0 aromatic heterocycles. The third kappa shape index (κ3) is 6.93. The Morgan fingerprint density at radius 2 is 1.47 bits per heavy atom. The average Bonchev–Trinajstić information content (AvgIpc) is 3.26. The molecular formula is C22H26ClO6P. The number of halogens is 1. The predicted octanol–water partition coefficient (Wildman–Crippen LogP) is 5.70. The summed E-state index contributed by atoms with van der Waals surface area (Å²) in [5, 5.41) is 0. The Bertz CT molecular complexity index is 785. The predicted molar refractivity (Wildman–Crippen MR) is 114 cm³/mol. The number of phosphoric acid groups is 1. The van der Waals surface area contributed by atoms with Gasteiger partial charge in [-0.3, -0.25) is 18.4 Å². The molecule has 0 amide bonds. The lowest BCUT2D eigenvalue weighted by Crippen LogP contribution is -2.24. The highest BCUT2D eigenvalue weighted by atomic mass is 35.5. The highest BCUT2D eigenvalue weighted by Gasteiger charge is 2.37. The number of esters is 1. The van der Waals surface area contributed by atoms with Crippen molar-refractivity contribution in [3.63, 3.8) is 0 Å². The maximum atomic E-state index is 13.3. The van der Waals surface area contributed by atoms with Crippen LogP contribution in [0.15, 0.2) is 60.7 Å². The fourth-order valence-electron chi connectivity index (χ4n) is 3.46. The summed E-state index contributed by atoms with van der Waals surface area (Å²) in [7, 11) is -3.85. The number of hydrogen-bond donors (Lipinski definition) is 0. The van der Waals surface area contributed by atoms with E-state index in [-0.39, 0.29) is 43.7 Å². The van der Waals surface area contributed by atoms with Gasteiger partial charge in [0.1, 0.15) is 0 Å². The van der Waals surface area contributed by atoms with E-state index in [9.17, 15) is 9.36 Å². The molecule has 1 aliphatic rings. The molecule has 0 N–H and O–H groups in total. The van der Waals surface area contributed by atoms with E-state index in [1.54, 1.807) is 0 Å². The van der Waals surface area contributed by atoms with Crippen molar-refractivity contribution in [1.29, 1.82) is 0 Å². The zero-order chi connectivity index (χ0) is 21.2. The molecule has 0 aliphatic heterocycles. The van der Waals surface area contributed by atoms with Gasteiger partial charge < -0.3 is 4.74 Å². The maximum absolute atomic E-state index is 13.3. The van der Waals surface area contributed by atoms with Crippen molar-refractivity contribution >= 4 is 25.4 Å². The van der Waals surface area contributed by atoms with Crippen LogP contribution in [-0.4, -0.2) is 18.6 Å². The normalized spacial score (nSPS) is 19.0. The van der Waals surface area contributed by atoms with E-state index in [4.69, 9.17) is 29.9 Å². The minimum absolute atomic E-state index is 0.0862. The van der Waals surface area contributed by atoms with Gasteiger partial charge in [0, 0.05) is 0 Å². The molecule has 0 bridgehead atoms. The summed E-state index contributed by atoms with van der Waals surface area (Å²) in [5.41, 5.74) is 1.71. The molecule has 1 unspecified atom stereocenters. The average molecular weight is 453 g/mol. The molecule has 1 saturated carbocycles. The Hall–Kier alpha value is -1.69. The molecule has 6 nitrogen and oxygen atoms in total. The van der Waals surface area contributed by atoms with Gasteiger partial charge in [-0.25, -0.2) is 4.57 Å². The molecule has 2 aromatic carbocycles. The van der Waals surface area contributed by atoms with Crippen LogP contribution >= 0.6 is 19.4 Å². The summed E-state index contributed by atoms with van der Waals surface area (Å²) >= 11 is 5.51. The first kappa shape index (κ1) is 23.0. The quantitative estimate of drug-likeness (QED) is 0.247. The number of phosphoric ester groups is 1. The summed E-state index contributed by atoms with van der Waals surface area (Å²) < 4.78 is 35.2. The van der Waals surface area contributed by atoms with Crippen LogP contribution < -0.4 is 0 Å². The minimum Gasteiger partial charge on any atom is -0.449 e. The summed E-state index contributed by atoms with van der Waals surface area (Å²) in [6.07, 6.45) is 2.35. The second-order valence-corrected chi connectivity index (χ2v) is 9.02. The molecule has 0 spiro atoms. The highest BCUT2D eigenvalue weighted by Crippen LogP contribution is 2.52. The van der Waals surface area contributed by atoms with Gasteiger partial charge in [-0.1, -0.05) is 78.7 Å². The molecule has 2 atom stereocenters. The standard InChI is InChI=1S/C22H26ClO6P/c23-17-26-22(24)21-13-7-12-20(21)16-29-30(25,27-14-18-8-3-1-4-9-18)28-15-19-10-5-2-6-11-19/h1-6,8-11,20-21H,7,12-17H2/t20-,21?/m0/s1. The van der Waals surface area contributed by atoms with Crippen LogP contribution in [0.25, 0.3) is 0 Å². The van der Waals surface area contributed by atoms with Crippen molar-refractivity contribution in [2.24, 2.45) is 11.8 Å². The van der Waals surface area contributed by atoms with Crippen molar-refractivity contribution in [2.75, 3.05) is 12.7 Å². The van der Waals surface area contributed by atoms with Crippen molar-refractivity contribution in [3.8, 4) is 0 Å². The largest absolute Gasteiger partial charge is 0.475 e. The van der Waals surface area contributed by atoms with Crippen LogP contribution in [0.4, 0.5) is 0 Å². The third-order valence-corrected chi connectivity index (χ3v) is 6.53. The second-order valence-electron chi connectivity index (χ2n) is 7.13. The van der Waals surface area contributed by atoms with E-state index in [2.05, 4.69) is 0 Å². The van der Waals surface area contributed by atoms with Crippen molar-refractivity contribution in [1.82, 2.24) is 0 Å². The molecule has 30 heavy (non-hydrogen) atoms. The first-order valence-electron chi connectivity index (χ1n) is 9.94. The van der Waals surface area contributed by atoms with Crippen LogP contribution in [0.5, 0.6) is 0 Å². The Morgan fingerprint density at radius 3 is 2.00 bits per heavy atom. The molecule has 0 saturated heterocycles. The molecule has 0 radical (unpaired) electrons. The van der Waals surface area contributed by atoms with Crippen LogP contribution in [0, 0.1) is 11.8 Å². The van der Waals surface area contributed by atoms with Crippen LogP contribution in [0.2, 0.25) is 0 Å². The first-order chi connectivity index (χ1) is 14.6. The number of alkyl halides is 1. The number of carbonyl (C=O) groups excluding carboxylic acids is 1. The smallest absolute Gasteiger partial charge is 0.449 e. The molecule has 3 rings (SSSR count). The van der Waals surface area contributed by atoms with Crippen molar-refractivity contribution in [3.05, 3.63) is 71.8 Å². The SMILES string of the molecule is O=C(OCCl)C1CCC[C@H]1COP(=O)(OCc1ccccc1)OCc1ccccc1. The highest BCUT2D eigenvalue weighted by molar-refractivity contribution is 7.48. The Labute approximate surface area is 182 Å². The Balaban J connectivity index is 1.63. The molecule has 162 valence electrons. The van der Waals surface area contributed by atoms with E-state index in [0.29, 0.717) is 6.42 Å². The van der Waals surface area contributed by atoms with Gasteiger partial charge >= 0.3 is 13.8 Å². The zero-order valence-corrected chi connectivity index (χ0v) is 18.3. The summed E-state index contributed by atoms with van der Waals surface area (Å²) in [5.74, 6) is -0.781. The number of hydrogen-bond acceptors (Lipinski definition) is 6. The first-order valence-corrected chi connectivity index (χ1v) is 11.9. The van der Waals surface area contributed by atoms with E-state index in [1.165, 1.54) is 0 Å². The van der Waals surface area contributed by atoms with Crippen LogP contribution in [0.3, 0.4) is 0 Å². The van der Waals surface area contributed by atoms with Crippen molar-refractivity contribution in [2.45, 2.75) is 32.5 Å². The van der Waals surface area contributed by atoms with Crippen LogP contribution in [0.1, 0.15) is 30.4 Å². The van der Waals surface area contributed by atoms with Gasteiger partial charge in [-0.15, -0.1) is 0 Å². The van der Waals surface area contributed by atoms with E-state index in [1.807, 2.05) is 60.7 Å². The lowest BCUT2D eigenvalue weighted by Gasteiger charge is -2.22. The van der Waals surface area contributed by atoms with Gasteiger partial charge in [0.2, 0.25) is 0 Å². The van der Waals surface area contributed by atoms with Gasteiger partial charge in [0.25, 0.3) is 0 Å². The summed E-state index contributed by atoms with van der Waals surface area (Å²) in [6, 6.07) is 18.6. The van der Waals surface area contributed by atoms with Crippen molar-refractivity contribution < 1.29 is 27.7 Å². The fourth-order valence-corrected chi connectivity index (χ4v) is 4.78. The monoisotopic (exact) mass is 452 g/mol. The van der Waals surface area contributed by atoms with E-state index in [0.717, 1.165) is 24.0 Å². The minimum atomic E-state index is -3.85. The zero-order valence-electron chi connectivity index (χ0n) is 16.7. The third-order valence-electron chi connectivity index (χ3n) is 5.07.